The quantitative estimate of drug-likeness (QED) is 0.659. The Bertz CT molecular complexity index is 611. The molecule has 2 nitrogen and oxygen atoms in total. The SMILES string of the molecule is COc1cc(C=C(C)C)ccc1OCCCc1ccccc1. The van der Waals surface area contributed by atoms with Crippen molar-refractivity contribution >= 4 is 6.08 Å². The molecule has 0 amide bonds. The van der Waals surface area contributed by atoms with Gasteiger partial charge in [0.05, 0.1) is 13.7 Å². The molecule has 0 N–H and O–H groups in total. The minimum atomic E-state index is 0.688. The van der Waals surface area contributed by atoms with Gasteiger partial charge in [-0.25, -0.2) is 0 Å². The first-order chi connectivity index (χ1) is 10.7. The van der Waals surface area contributed by atoms with E-state index in [1.165, 1.54) is 11.1 Å². The van der Waals surface area contributed by atoms with Gasteiger partial charge < -0.3 is 9.47 Å². The zero-order valence-corrected chi connectivity index (χ0v) is 13.6. The van der Waals surface area contributed by atoms with E-state index < -0.39 is 0 Å². The summed E-state index contributed by atoms with van der Waals surface area (Å²) in [5, 5.41) is 0. The first-order valence-corrected chi connectivity index (χ1v) is 7.68. The van der Waals surface area contributed by atoms with Gasteiger partial charge in [-0.3, -0.25) is 0 Å². The van der Waals surface area contributed by atoms with Gasteiger partial charge in [0, 0.05) is 0 Å². The van der Waals surface area contributed by atoms with E-state index in [0.29, 0.717) is 6.61 Å². The molecule has 0 radical (unpaired) electrons. The smallest absolute Gasteiger partial charge is 0.161 e. The van der Waals surface area contributed by atoms with Crippen LogP contribution in [-0.4, -0.2) is 13.7 Å². The molecule has 0 saturated carbocycles. The molecule has 116 valence electrons. The first kappa shape index (κ1) is 16.2. The van der Waals surface area contributed by atoms with Crippen molar-refractivity contribution in [2.75, 3.05) is 13.7 Å². The van der Waals surface area contributed by atoms with Gasteiger partial charge in [-0.2, -0.15) is 0 Å². The summed E-state index contributed by atoms with van der Waals surface area (Å²) in [4.78, 5) is 0. The fraction of sp³-hybridized carbons (Fsp3) is 0.300. The standard InChI is InChI=1S/C20H24O2/c1-16(2)14-18-11-12-19(20(15-18)21-3)22-13-7-10-17-8-5-4-6-9-17/h4-6,8-9,11-12,14-15H,7,10,13H2,1-3H3. The van der Waals surface area contributed by atoms with Crippen LogP contribution < -0.4 is 9.47 Å². The molecule has 2 aromatic carbocycles. The second-order valence-corrected chi connectivity index (χ2v) is 5.57. The van der Waals surface area contributed by atoms with Crippen molar-refractivity contribution in [3.05, 3.63) is 65.2 Å². The number of rotatable bonds is 7. The highest BCUT2D eigenvalue weighted by atomic mass is 16.5. The Balaban J connectivity index is 1.91. The third-order valence-corrected chi connectivity index (χ3v) is 3.35. The average molecular weight is 296 g/mol. The average Bonchev–Trinajstić information content (AvgIpc) is 2.53. The Labute approximate surface area is 133 Å². The summed E-state index contributed by atoms with van der Waals surface area (Å²) >= 11 is 0. The van der Waals surface area contributed by atoms with Gasteiger partial charge in [0.15, 0.2) is 11.5 Å². The molecule has 0 bridgehead atoms. The van der Waals surface area contributed by atoms with E-state index in [1.54, 1.807) is 7.11 Å². The van der Waals surface area contributed by atoms with Crippen molar-refractivity contribution in [2.45, 2.75) is 26.7 Å². The molecule has 0 aliphatic heterocycles. The molecule has 0 fully saturated rings. The van der Waals surface area contributed by atoms with Crippen LogP contribution >= 0.6 is 0 Å². The number of ether oxygens (including phenoxy) is 2. The second-order valence-electron chi connectivity index (χ2n) is 5.57. The monoisotopic (exact) mass is 296 g/mol. The summed E-state index contributed by atoms with van der Waals surface area (Å²) < 4.78 is 11.3. The number of aryl methyl sites for hydroxylation is 1. The predicted octanol–water partition coefficient (Wildman–Crippen LogP) is 5.13. The van der Waals surface area contributed by atoms with Crippen LogP contribution in [0.25, 0.3) is 6.08 Å². The highest BCUT2D eigenvalue weighted by molar-refractivity contribution is 5.57. The normalized spacial score (nSPS) is 10.1. The lowest BCUT2D eigenvalue weighted by Gasteiger charge is -2.11. The van der Waals surface area contributed by atoms with E-state index in [4.69, 9.17) is 9.47 Å². The van der Waals surface area contributed by atoms with Gasteiger partial charge >= 0.3 is 0 Å². The Morgan fingerprint density at radius 2 is 1.77 bits per heavy atom. The largest absolute Gasteiger partial charge is 0.493 e. The number of hydrogen-bond donors (Lipinski definition) is 0. The predicted molar refractivity (Wildman–Crippen MR) is 92.6 cm³/mol. The fourth-order valence-corrected chi connectivity index (χ4v) is 2.33. The van der Waals surface area contributed by atoms with Gasteiger partial charge in [0.1, 0.15) is 0 Å². The molecule has 2 heteroatoms. The molecule has 2 rings (SSSR count). The molecule has 0 spiro atoms. The van der Waals surface area contributed by atoms with Crippen LogP contribution in [0.5, 0.6) is 11.5 Å². The topological polar surface area (TPSA) is 18.5 Å². The molecular formula is C20H24O2. The molecule has 0 aliphatic carbocycles. The van der Waals surface area contributed by atoms with Crippen molar-refractivity contribution in [1.29, 1.82) is 0 Å². The summed E-state index contributed by atoms with van der Waals surface area (Å²) in [5.41, 5.74) is 3.74. The van der Waals surface area contributed by atoms with E-state index in [9.17, 15) is 0 Å². The van der Waals surface area contributed by atoms with Gasteiger partial charge in [-0.1, -0.05) is 48.0 Å². The van der Waals surface area contributed by atoms with Crippen molar-refractivity contribution in [3.63, 3.8) is 0 Å². The molecule has 2 aromatic rings. The van der Waals surface area contributed by atoms with Crippen LogP contribution in [0.2, 0.25) is 0 Å². The number of allylic oxidation sites excluding steroid dienone is 1. The van der Waals surface area contributed by atoms with Gasteiger partial charge in [0.25, 0.3) is 0 Å². The van der Waals surface area contributed by atoms with E-state index in [0.717, 1.165) is 29.9 Å². The number of methoxy groups -OCH3 is 1. The van der Waals surface area contributed by atoms with Gasteiger partial charge in [0.2, 0.25) is 0 Å². The molecule has 0 aromatic heterocycles. The second kappa shape index (κ2) is 8.28. The maximum absolute atomic E-state index is 5.86. The lowest BCUT2D eigenvalue weighted by Crippen LogP contribution is -2.01. The van der Waals surface area contributed by atoms with E-state index in [-0.39, 0.29) is 0 Å². The Morgan fingerprint density at radius 3 is 2.45 bits per heavy atom. The Morgan fingerprint density at radius 1 is 1.00 bits per heavy atom. The first-order valence-electron chi connectivity index (χ1n) is 7.68. The van der Waals surface area contributed by atoms with E-state index in [1.807, 2.05) is 18.2 Å². The van der Waals surface area contributed by atoms with E-state index in [2.05, 4.69) is 50.3 Å². The van der Waals surface area contributed by atoms with Gasteiger partial charge in [-0.05, 0) is 49.9 Å². The summed E-state index contributed by atoms with van der Waals surface area (Å²) in [5.74, 6) is 1.59. The third kappa shape index (κ3) is 4.96. The molecular weight excluding hydrogens is 272 g/mol. The summed E-state index contributed by atoms with van der Waals surface area (Å²) in [6.45, 7) is 4.86. The van der Waals surface area contributed by atoms with Crippen molar-refractivity contribution < 1.29 is 9.47 Å². The Kier molecular flexibility index (Phi) is 6.08. The highest BCUT2D eigenvalue weighted by Crippen LogP contribution is 2.29. The van der Waals surface area contributed by atoms with Crippen molar-refractivity contribution in [3.8, 4) is 11.5 Å². The van der Waals surface area contributed by atoms with Crippen molar-refractivity contribution in [1.82, 2.24) is 0 Å². The molecule has 22 heavy (non-hydrogen) atoms. The lowest BCUT2D eigenvalue weighted by atomic mass is 10.1. The minimum absolute atomic E-state index is 0.688. The summed E-state index contributed by atoms with van der Waals surface area (Å²) in [6, 6.07) is 16.5. The lowest BCUT2D eigenvalue weighted by molar-refractivity contribution is 0.289. The maximum Gasteiger partial charge on any atom is 0.161 e. The molecule has 0 saturated heterocycles. The molecule has 0 heterocycles. The van der Waals surface area contributed by atoms with Crippen LogP contribution in [0.1, 0.15) is 31.4 Å². The zero-order valence-electron chi connectivity index (χ0n) is 13.6. The van der Waals surface area contributed by atoms with Gasteiger partial charge in [-0.15, -0.1) is 0 Å². The van der Waals surface area contributed by atoms with Crippen LogP contribution in [-0.2, 0) is 6.42 Å². The highest BCUT2D eigenvalue weighted by Gasteiger charge is 2.05. The van der Waals surface area contributed by atoms with Crippen LogP contribution in [0.15, 0.2) is 54.1 Å². The van der Waals surface area contributed by atoms with Crippen LogP contribution in [0.3, 0.4) is 0 Å². The zero-order chi connectivity index (χ0) is 15.8. The summed E-state index contributed by atoms with van der Waals surface area (Å²) in [7, 11) is 1.68. The molecule has 0 atom stereocenters. The van der Waals surface area contributed by atoms with Crippen molar-refractivity contribution in [2.24, 2.45) is 0 Å². The molecule has 0 aliphatic rings. The van der Waals surface area contributed by atoms with Crippen LogP contribution in [0.4, 0.5) is 0 Å². The van der Waals surface area contributed by atoms with Crippen LogP contribution in [0, 0.1) is 0 Å². The third-order valence-electron chi connectivity index (χ3n) is 3.35. The number of benzene rings is 2. The minimum Gasteiger partial charge on any atom is -0.493 e. The fourth-order valence-electron chi connectivity index (χ4n) is 2.33. The maximum atomic E-state index is 5.86. The Hall–Kier alpha value is -2.22. The van der Waals surface area contributed by atoms with E-state index >= 15 is 0 Å². The summed E-state index contributed by atoms with van der Waals surface area (Å²) in [6.07, 6.45) is 4.14. The molecule has 0 unspecified atom stereocenters. The number of hydrogen-bond acceptors (Lipinski definition) is 2.